The molecule has 1 aliphatic carbocycles. The Bertz CT molecular complexity index is 142. The number of hydrogen-bond donors (Lipinski definition) is 0. The molecule has 1 unspecified atom stereocenters. The molecule has 0 saturated heterocycles. The van der Waals surface area contributed by atoms with E-state index in [2.05, 4.69) is 42.1 Å². The van der Waals surface area contributed by atoms with Gasteiger partial charge in [0.25, 0.3) is 0 Å². The van der Waals surface area contributed by atoms with E-state index in [9.17, 15) is 0 Å². The fourth-order valence-corrected chi connectivity index (χ4v) is 1.21. The van der Waals surface area contributed by atoms with Gasteiger partial charge in [-0.1, -0.05) is 40.5 Å². The van der Waals surface area contributed by atoms with Gasteiger partial charge in [-0.15, -0.1) is 0 Å². The fraction of sp³-hybridized carbons (Fsp3) is 0.727. The van der Waals surface area contributed by atoms with Gasteiger partial charge in [0.2, 0.25) is 0 Å². The molecule has 2 atom stereocenters. The Morgan fingerprint density at radius 1 is 0.806 bits per heavy atom. The number of halogens is 3. The van der Waals surface area contributed by atoms with Gasteiger partial charge >= 0.3 is 84.6 Å². The molecule has 1 fully saturated rings. The molecular weight excluding hydrogens is 998 g/mol. The summed E-state index contributed by atoms with van der Waals surface area (Å²) in [6, 6.07) is 0.142. The van der Waals surface area contributed by atoms with Crippen molar-refractivity contribution in [3.63, 3.8) is 0 Å². The quantitative estimate of drug-likeness (QED) is 0.235. The van der Waals surface area contributed by atoms with E-state index in [0.29, 0.717) is 12.5 Å². The van der Waals surface area contributed by atoms with E-state index < -0.39 is 0 Å². The maximum absolute atomic E-state index is 7.42. The molecule has 1 rings (SSSR count). The second-order valence-corrected chi connectivity index (χ2v) is 4.99. The average molecular weight is 1050 g/mol. The Morgan fingerprint density at radius 3 is 1.10 bits per heavy atom. The molecule has 0 amide bonds. The molecule has 217 valence electrons. The zero-order valence-corrected chi connectivity index (χ0v) is 28.3. The summed E-state index contributed by atoms with van der Waals surface area (Å²) in [5, 5.41) is 0. The van der Waals surface area contributed by atoms with Crippen LogP contribution in [0.15, 0.2) is 0 Å². The zero-order valence-electron chi connectivity index (χ0n) is 19.2. The molecule has 9 heteroatoms. The first-order chi connectivity index (χ1) is 13.0. The Balaban J connectivity index is -0.0000000173. The van der Waals surface area contributed by atoms with Gasteiger partial charge in [-0.3, -0.25) is 0 Å². The summed E-state index contributed by atoms with van der Waals surface area (Å²) in [6.45, 7) is 19.8. The van der Waals surface area contributed by atoms with E-state index in [0.717, 1.165) is 12.8 Å². The zero-order chi connectivity index (χ0) is 23.5. The third kappa shape index (κ3) is 142. The van der Waals surface area contributed by atoms with Crippen LogP contribution in [-0.2, 0) is 56.3 Å². The number of hydrogen-bond acceptors (Lipinski definition) is 0. The molecule has 0 aromatic rings. The minimum absolute atomic E-state index is 0. The van der Waals surface area contributed by atoms with Crippen molar-refractivity contribution >= 4 is 28.3 Å². The summed E-state index contributed by atoms with van der Waals surface area (Å²) < 4.78 is 0. The van der Waals surface area contributed by atoms with Gasteiger partial charge < -0.3 is 58.2 Å². The monoisotopic (exact) mass is 1050 g/mol. The van der Waals surface area contributed by atoms with Crippen molar-refractivity contribution in [1.82, 2.24) is 0 Å². The van der Waals surface area contributed by atoms with Crippen LogP contribution in [0.2, 0.25) is 0 Å². The van der Waals surface area contributed by atoms with Gasteiger partial charge in [0.15, 0.2) is 0 Å². The van der Waals surface area contributed by atoms with E-state index in [-0.39, 0.29) is 34.5 Å². The summed E-state index contributed by atoms with van der Waals surface area (Å²) in [7, 11) is 13.8. The van der Waals surface area contributed by atoms with Crippen molar-refractivity contribution in [2.75, 3.05) is 6.54 Å². The van der Waals surface area contributed by atoms with Gasteiger partial charge in [-0.05, 0) is 0 Å². The number of nitrogens with two attached hydrogens (primary N) is 1. The normalized spacial score (nSPS) is 13.6. The Labute approximate surface area is 247 Å². The van der Waals surface area contributed by atoms with Crippen molar-refractivity contribution in [3.8, 4) is 0 Å². The van der Waals surface area contributed by atoms with Gasteiger partial charge in [-0.25, -0.2) is 6.42 Å². The standard InChI is InChI=1S/C7H13N.C3H7N.3C3H7.2CH4.CH3.3ClH.H2N.3Pt/c1-6-4-2-3-5-7(6)8;1-2-3-4;3*1-3-2;;;;;;;;;;/h6-8H,1-5H2;4H,1-3H2;3*3H,1-2H3;2*1H4;1H3;3*1H;1H2;;;/q2*-2;3*-1;;;-1;;;;-1;3*+1/p-3/t6-,7?;;;;;;;;;;;;;;/m1............../s1. The van der Waals surface area contributed by atoms with Crippen LogP contribution in [-0.4, -0.2) is 12.6 Å². The fourth-order valence-electron chi connectivity index (χ4n) is 1.21. The minimum Gasteiger partial charge on any atom is -0.693 e. The second kappa shape index (κ2) is 105. The molecule has 0 bridgehead atoms. The topological polar surface area (TPSA) is 81.1 Å². The Kier molecular flexibility index (Phi) is 236. The van der Waals surface area contributed by atoms with Gasteiger partial charge in [0.05, 0.1) is 0 Å². The smallest absolute Gasteiger partial charge is 0.693 e. The third-order valence-corrected chi connectivity index (χ3v) is 2.09. The SMILES string of the molecule is C.C.C[CH-]C.C[CH-]C.C[CH-]C.[CH2-]CC[NH-].[CH2-][C@@H]1CCCCC1[NH-].[CH3-].[Cl][Pt].[Cl][Pt].[Cl][Pt].[NH2-]. The van der Waals surface area contributed by atoms with Crippen molar-refractivity contribution in [2.24, 2.45) is 5.92 Å². The van der Waals surface area contributed by atoms with Crippen molar-refractivity contribution in [3.05, 3.63) is 58.2 Å². The molecule has 0 radical (unpaired) electrons. The van der Waals surface area contributed by atoms with Gasteiger partial charge in [-0.2, -0.15) is 60.0 Å². The Morgan fingerprint density at radius 2 is 1.00 bits per heavy atom. The van der Waals surface area contributed by atoms with Crippen LogP contribution in [0.3, 0.4) is 0 Å². The third-order valence-electron chi connectivity index (χ3n) is 2.09. The first-order valence-corrected chi connectivity index (χ1v) is 17.0. The maximum Gasteiger partial charge on any atom is -0.693 e. The predicted octanol–water partition coefficient (Wildman–Crippen LogP) is 11.9. The number of nitrogens with one attached hydrogen (secondary N) is 2. The molecule has 0 aromatic carbocycles. The molecule has 0 aliphatic heterocycles. The van der Waals surface area contributed by atoms with Crippen LogP contribution >= 0.6 is 28.3 Å². The first-order valence-electron chi connectivity index (χ1n) is 8.52. The predicted molar refractivity (Wildman–Crippen MR) is 144 cm³/mol. The summed E-state index contributed by atoms with van der Waals surface area (Å²) >= 11 is 4.83. The molecular formula is C22H54Cl3N3Pt3-9. The molecule has 31 heavy (non-hydrogen) atoms. The molecule has 0 spiro atoms. The van der Waals surface area contributed by atoms with Gasteiger partial charge in [0, 0.05) is 0 Å². The average Bonchev–Trinajstić information content (AvgIpc) is 2.71. The largest absolute Gasteiger partial charge is 0.693 e. The van der Waals surface area contributed by atoms with Crippen LogP contribution in [0.1, 0.15) is 88.5 Å². The van der Waals surface area contributed by atoms with Crippen molar-refractivity contribution in [2.45, 2.75) is 94.5 Å². The summed E-state index contributed by atoms with van der Waals surface area (Å²) in [4.78, 5) is 0. The van der Waals surface area contributed by atoms with Crippen LogP contribution < -0.4 is 0 Å². The number of rotatable bonds is 1. The molecule has 1 saturated carbocycles. The summed E-state index contributed by atoms with van der Waals surface area (Å²) in [5.74, 6) is 0.420. The van der Waals surface area contributed by atoms with E-state index in [1.54, 1.807) is 56.3 Å². The summed E-state index contributed by atoms with van der Waals surface area (Å²) in [6.07, 6.45) is 11.5. The van der Waals surface area contributed by atoms with Crippen LogP contribution in [0.5, 0.6) is 0 Å². The van der Waals surface area contributed by atoms with E-state index in [1.165, 1.54) is 19.3 Å². The van der Waals surface area contributed by atoms with Gasteiger partial charge in [0.1, 0.15) is 0 Å². The van der Waals surface area contributed by atoms with E-state index in [4.69, 9.17) is 11.5 Å². The van der Waals surface area contributed by atoms with Crippen molar-refractivity contribution < 1.29 is 56.3 Å². The summed E-state index contributed by atoms with van der Waals surface area (Å²) in [5.41, 5.74) is 13.8. The van der Waals surface area contributed by atoms with E-state index in [1.807, 2.05) is 60.8 Å². The minimum atomic E-state index is 0. The molecule has 0 heterocycles. The molecule has 4 N–H and O–H groups in total. The van der Waals surface area contributed by atoms with Crippen LogP contribution in [0.25, 0.3) is 17.6 Å². The Hall–Kier alpha value is 2.81. The van der Waals surface area contributed by atoms with E-state index >= 15 is 0 Å². The van der Waals surface area contributed by atoms with Crippen molar-refractivity contribution in [1.29, 1.82) is 0 Å². The first kappa shape index (κ1) is 70.0. The molecule has 0 aromatic heterocycles. The maximum atomic E-state index is 7.42. The molecule has 3 nitrogen and oxygen atoms in total. The van der Waals surface area contributed by atoms with Crippen LogP contribution in [0, 0.1) is 46.5 Å². The second-order valence-electron chi connectivity index (χ2n) is 4.99. The molecule has 1 aliphatic rings. The van der Waals surface area contributed by atoms with Crippen LogP contribution in [0.4, 0.5) is 0 Å².